The number of para-hydroxylation sites is 1. The molecule has 2 aliphatic rings. The SMILES string of the molecule is CCCN1CC(=NOC2CCCC2)C(c2ccccc2[N+](=O)[O-])C(C(=O)OCC(C)C)=C1C. The number of nitrogens with zero attached hydrogens (tertiary/aromatic N) is 3. The molecule has 0 saturated heterocycles. The van der Waals surface area contributed by atoms with Gasteiger partial charge in [-0.25, -0.2) is 4.79 Å². The third-order valence-electron chi connectivity index (χ3n) is 6.17. The fourth-order valence-corrected chi connectivity index (χ4v) is 4.50. The van der Waals surface area contributed by atoms with E-state index in [-0.39, 0.29) is 24.3 Å². The van der Waals surface area contributed by atoms with Crippen molar-refractivity contribution in [3.63, 3.8) is 0 Å². The van der Waals surface area contributed by atoms with Gasteiger partial charge in [0.25, 0.3) is 5.69 Å². The number of nitro benzene ring substituents is 1. The van der Waals surface area contributed by atoms with Crippen LogP contribution in [0, 0.1) is 16.0 Å². The van der Waals surface area contributed by atoms with Crippen LogP contribution >= 0.6 is 0 Å². The summed E-state index contributed by atoms with van der Waals surface area (Å²) >= 11 is 0. The van der Waals surface area contributed by atoms with Crippen molar-refractivity contribution in [3.05, 3.63) is 51.2 Å². The van der Waals surface area contributed by atoms with E-state index in [1.165, 1.54) is 6.07 Å². The van der Waals surface area contributed by atoms with Crippen LogP contribution in [0.15, 0.2) is 40.7 Å². The minimum absolute atomic E-state index is 0.0398. The van der Waals surface area contributed by atoms with E-state index in [1.54, 1.807) is 18.2 Å². The van der Waals surface area contributed by atoms with Gasteiger partial charge in [-0.1, -0.05) is 44.1 Å². The maximum atomic E-state index is 13.4. The van der Waals surface area contributed by atoms with Gasteiger partial charge in [0.1, 0.15) is 6.10 Å². The Balaban J connectivity index is 2.12. The molecule has 0 aromatic heterocycles. The maximum absolute atomic E-state index is 13.4. The van der Waals surface area contributed by atoms with Gasteiger partial charge in [0.2, 0.25) is 0 Å². The van der Waals surface area contributed by atoms with Gasteiger partial charge in [0.05, 0.1) is 35.3 Å². The lowest BCUT2D eigenvalue weighted by Crippen LogP contribution is -2.41. The minimum atomic E-state index is -0.694. The van der Waals surface area contributed by atoms with Crippen molar-refractivity contribution in [1.29, 1.82) is 0 Å². The van der Waals surface area contributed by atoms with E-state index >= 15 is 0 Å². The molecular weight excluding hydrogens is 422 g/mol. The van der Waals surface area contributed by atoms with Crippen LogP contribution in [0.4, 0.5) is 5.69 Å². The van der Waals surface area contributed by atoms with E-state index in [4.69, 9.17) is 9.57 Å². The van der Waals surface area contributed by atoms with Gasteiger partial charge in [-0.3, -0.25) is 10.1 Å². The molecule has 1 heterocycles. The largest absolute Gasteiger partial charge is 0.462 e. The molecule has 3 rings (SSSR count). The number of hydrogen-bond donors (Lipinski definition) is 0. The number of benzene rings is 1. The molecule has 1 aliphatic heterocycles. The molecule has 0 N–H and O–H groups in total. The molecule has 8 heteroatoms. The second kappa shape index (κ2) is 11.3. The van der Waals surface area contributed by atoms with Crippen molar-refractivity contribution in [2.24, 2.45) is 11.1 Å². The van der Waals surface area contributed by atoms with E-state index < -0.39 is 16.8 Å². The molecule has 180 valence electrons. The molecule has 8 nitrogen and oxygen atoms in total. The fraction of sp³-hybridized carbons (Fsp3) is 0.600. The van der Waals surface area contributed by atoms with Crippen molar-refractivity contribution < 1.29 is 19.3 Å². The number of rotatable bonds is 9. The summed E-state index contributed by atoms with van der Waals surface area (Å²) in [7, 11) is 0. The summed E-state index contributed by atoms with van der Waals surface area (Å²) in [5.74, 6) is -0.979. The van der Waals surface area contributed by atoms with Gasteiger partial charge >= 0.3 is 5.97 Å². The van der Waals surface area contributed by atoms with E-state index in [9.17, 15) is 14.9 Å². The number of ether oxygens (including phenoxy) is 1. The zero-order valence-electron chi connectivity index (χ0n) is 20.1. The van der Waals surface area contributed by atoms with Crippen LogP contribution in [0.25, 0.3) is 0 Å². The molecule has 1 aliphatic carbocycles. The van der Waals surface area contributed by atoms with E-state index in [0.29, 0.717) is 23.4 Å². The monoisotopic (exact) mass is 457 g/mol. The predicted octanol–water partition coefficient (Wildman–Crippen LogP) is 5.19. The first kappa shape index (κ1) is 24.7. The number of esters is 1. The van der Waals surface area contributed by atoms with Crippen molar-refractivity contribution >= 4 is 17.4 Å². The first-order valence-corrected chi connectivity index (χ1v) is 11.9. The lowest BCUT2D eigenvalue weighted by atomic mass is 9.81. The molecule has 0 radical (unpaired) electrons. The van der Waals surface area contributed by atoms with Crippen LogP contribution < -0.4 is 0 Å². The normalized spacial score (nSPS) is 20.6. The van der Waals surface area contributed by atoms with E-state index in [1.807, 2.05) is 20.8 Å². The van der Waals surface area contributed by atoms with Crippen molar-refractivity contribution in [1.82, 2.24) is 4.90 Å². The third kappa shape index (κ3) is 5.92. The molecule has 1 aromatic rings. The molecule has 1 saturated carbocycles. The first-order valence-electron chi connectivity index (χ1n) is 11.9. The van der Waals surface area contributed by atoms with Gasteiger partial charge in [-0.15, -0.1) is 0 Å². The molecule has 1 aromatic carbocycles. The van der Waals surface area contributed by atoms with Crippen molar-refractivity contribution in [3.8, 4) is 0 Å². The molecule has 1 unspecified atom stereocenters. The number of nitro groups is 1. The van der Waals surface area contributed by atoms with Crippen LogP contribution in [0.1, 0.15) is 71.3 Å². The van der Waals surface area contributed by atoms with Gasteiger partial charge in [0, 0.05) is 23.9 Å². The minimum Gasteiger partial charge on any atom is -0.462 e. The molecule has 0 spiro atoms. The van der Waals surface area contributed by atoms with Crippen LogP contribution in [0.2, 0.25) is 0 Å². The Labute approximate surface area is 195 Å². The summed E-state index contributed by atoms with van der Waals surface area (Å²) in [5.41, 5.74) is 2.17. The Bertz CT molecular complexity index is 918. The maximum Gasteiger partial charge on any atom is 0.336 e. The average molecular weight is 458 g/mol. The Morgan fingerprint density at radius 1 is 1.27 bits per heavy atom. The first-order chi connectivity index (χ1) is 15.8. The smallest absolute Gasteiger partial charge is 0.336 e. The fourth-order valence-electron chi connectivity index (χ4n) is 4.50. The van der Waals surface area contributed by atoms with Gasteiger partial charge in [-0.2, -0.15) is 0 Å². The van der Waals surface area contributed by atoms with Gasteiger partial charge < -0.3 is 14.5 Å². The van der Waals surface area contributed by atoms with Crippen molar-refractivity contribution in [2.75, 3.05) is 19.7 Å². The van der Waals surface area contributed by atoms with Gasteiger partial charge in [0.15, 0.2) is 0 Å². The molecule has 0 amide bonds. The third-order valence-corrected chi connectivity index (χ3v) is 6.17. The number of oxime groups is 1. The highest BCUT2D eigenvalue weighted by Gasteiger charge is 2.40. The molecule has 1 atom stereocenters. The summed E-state index contributed by atoms with van der Waals surface area (Å²) in [4.78, 5) is 32.8. The highest BCUT2D eigenvalue weighted by molar-refractivity contribution is 6.06. The zero-order chi connectivity index (χ0) is 24.0. The number of allylic oxidation sites excluding steroid dienone is 1. The summed E-state index contributed by atoms with van der Waals surface area (Å²) < 4.78 is 5.63. The average Bonchev–Trinajstić information content (AvgIpc) is 3.31. The second-order valence-corrected chi connectivity index (χ2v) is 9.26. The summed E-state index contributed by atoms with van der Waals surface area (Å²) in [6.07, 6.45) is 5.05. The van der Waals surface area contributed by atoms with Crippen LogP contribution in [0.5, 0.6) is 0 Å². The highest BCUT2D eigenvalue weighted by atomic mass is 16.6. The van der Waals surface area contributed by atoms with Crippen LogP contribution in [-0.2, 0) is 14.4 Å². The molecule has 1 fully saturated rings. The number of carbonyl (C=O) groups excluding carboxylic acids is 1. The van der Waals surface area contributed by atoms with E-state index in [2.05, 4.69) is 17.0 Å². The Morgan fingerprint density at radius 3 is 2.61 bits per heavy atom. The summed E-state index contributed by atoms with van der Waals surface area (Å²) in [6, 6.07) is 6.55. The Morgan fingerprint density at radius 2 is 1.97 bits per heavy atom. The lowest BCUT2D eigenvalue weighted by molar-refractivity contribution is -0.385. The molecule has 0 bridgehead atoms. The Hall–Kier alpha value is -2.90. The standard InChI is InChI=1S/C25H35N3O5/c1-5-14-27-15-21(26-33-19-10-6-7-11-19)24(20-12-8-9-13-22(20)28(30)31)23(18(27)4)25(29)32-16-17(2)3/h8-9,12-13,17,19,24H,5-7,10-11,14-16H2,1-4H3. The van der Waals surface area contributed by atoms with Crippen molar-refractivity contribution in [2.45, 2.75) is 71.8 Å². The topological polar surface area (TPSA) is 94.3 Å². The predicted molar refractivity (Wildman–Crippen MR) is 127 cm³/mol. The lowest BCUT2D eigenvalue weighted by Gasteiger charge is -2.36. The summed E-state index contributed by atoms with van der Waals surface area (Å²) in [6.45, 7) is 9.37. The van der Waals surface area contributed by atoms with Crippen LogP contribution in [-0.4, -0.2) is 47.3 Å². The second-order valence-electron chi connectivity index (χ2n) is 9.26. The number of hydrogen-bond acceptors (Lipinski definition) is 7. The van der Waals surface area contributed by atoms with Gasteiger partial charge in [-0.05, 0) is 44.9 Å². The molecular formula is C25H35N3O5. The molecule has 33 heavy (non-hydrogen) atoms. The highest BCUT2D eigenvalue weighted by Crippen LogP contribution is 2.39. The van der Waals surface area contributed by atoms with E-state index in [0.717, 1.165) is 44.3 Å². The summed E-state index contributed by atoms with van der Waals surface area (Å²) in [5, 5.41) is 16.4. The van der Waals surface area contributed by atoms with Crippen LogP contribution in [0.3, 0.4) is 0 Å². The quantitative estimate of drug-likeness (QED) is 0.288. The number of carbonyl (C=O) groups is 1. The Kier molecular flexibility index (Phi) is 8.47. The zero-order valence-corrected chi connectivity index (χ0v) is 20.1.